The van der Waals surface area contributed by atoms with Gasteiger partial charge in [-0.1, -0.05) is 24.3 Å². The largest absolute Gasteiger partial charge is 0.0885 e. The number of hydrogen-bond donors (Lipinski definition) is 0. The van der Waals surface area contributed by atoms with E-state index in [0.717, 1.165) is 0 Å². The van der Waals surface area contributed by atoms with E-state index in [1.807, 2.05) is 0 Å². The van der Waals surface area contributed by atoms with Crippen molar-refractivity contribution in [3.63, 3.8) is 0 Å². The Balaban J connectivity index is 2.18. The molecule has 0 aromatic heterocycles. The molecular weight excluding hydrogens is 144 g/mol. The van der Waals surface area contributed by atoms with Crippen molar-refractivity contribution in [3.8, 4) is 0 Å². The van der Waals surface area contributed by atoms with Crippen LogP contribution in [0, 0.1) is 0 Å². The standard InChI is InChI=1S/C12H20/c1-2-4-6-8-10-12-11-9-7-5-3-1/h1-2,11-12H,3-10H2/b2-1-,12-11+. The summed E-state index contributed by atoms with van der Waals surface area (Å²) in [6.45, 7) is 0. The minimum absolute atomic E-state index is 1.29. The highest BCUT2D eigenvalue weighted by Crippen LogP contribution is 2.07. The molecule has 12 heavy (non-hydrogen) atoms. The maximum absolute atomic E-state index is 2.35. The molecule has 1 aliphatic carbocycles. The summed E-state index contributed by atoms with van der Waals surface area (Å²) in [6.07, 6.45) is 20.0. The topological polar surface area (TPSA) is 0 Å². The predicted molar refractivity (Wildman–Crippen MR) is 55.2 cm³/mol. The highest BCUT2D eigenvalue weighted by Gasteiger charge is 1.87. The van der Waals surface area contributed by atoms with E-state index in [1.165, 1.54) is 51.4 Å². The van der Waals surface area contributed by atoms with Gasteiger partial charge in [-0.15, -0.1) is 0 Å². The molecule has 0 nitrogen and oxygen atoms in total. The second-order valence-electron chi connectivity index (χ2n) is 3.51. The van der Waals surface area contributed by atoms with E-state index in [9.17, 15) is 0 Å². The number of allylic oxidation sites excluding steroid dienone is 4. The van der Waals surface area contributed by atoms with E-state index < -0.39 is 0 Å². The van der Waals surface area contributed by atoms with Crippen molar-refractivity contribution >= 4 is 0 Å². The third-order valence-electron chi connectivity index (χ3n) is 2.32. The average Bonchev–Trinajstić information content (AvgIpc) is 2.05. The summed E-state index contributed by atoms with van der Waals surface area (Å²) < 4.78 is 0. The van der Waals surface area contributed by atoms with E-state index in [0.29, 0.717) is 0 Å². The normalized spacial score (nSPS) is 26.7. The summed E-state index contributed by atoms with van der Waals surface area (Å²) >= 11 is 0. The van der Waals surface area contributed by atoms with Crippen LogP contribution in [0.15, 0.2) is 24.3 Å². The van der Waals surface area contributed by atoms with E-state index in [-0.39, 0.29) is 0 Å². The van der Waals surface area contributed by atoms with Gasteiger partial charge in [0, 0.05) is 0 Å². The molecule has 68 valence electrons. The van der Waals surface area contributed by atoms with Crippen LogP contribution in [0.4, 0.5) is 0 Å². The molecule has 0 heterocycles. The van der Waals surface area contributed by atoms with Gasteiger partial charge in [0.05, 0.1) is 0 Å². The zero-order valence-corrected chi connectivity index (χ0v) is 7.97. The van der Waals surface area contributed by atoms with Crippen LogP contribution in [-0.2, 0) is 0 Å². The van der Waals surface area contributed by atoms with Gasteiger partial charge in [0.25, 0.3) is 0 Å². The van der Waals surface area contributed by atoms with Crippen LogP contribution >= 0.6 is 0 Å². The van der Waals surface area contributed by atoms with Gasteiger partial charge in [0.2, 0.25) is 0 Å². The van der Waals surface area contributed by atoms with Crippen LogP contribution in [0.3, 0.4) is 0 Å². The van der Waals surface area contributed by atoms with Crippen molar-refractivity contribution in [2.45, 2.75) is 51.4 Å². The molecule has 0 N–H and O–H groups in total. The monoisotopic (exact) mass is 164 g/mol. The van der Waals surface area contributed by atoms with Crippen LogP contribution < -0.4 is 0 Å². The Kier molecular flexibility index (Phi) is 5.70. The molecule has 0 saturated heterocycles. The molecule has 0 atom stereocenters. The minimum Gasteiger partial charge on any atom is -0.0885 e. The summed E-state index contributed by atoms with van der Waals surface area (Å²) in [4.78, 5) is 0. The van der Waals surface area contributed by atoms with Crippen LogP contribution in [0.25, 0.3) is 0 Å². The molecule has 0 unspecified atom stereocenters. The van der Waals surface area contributed by atoms with E-state index in [1.54, 1.807) is 0 Å². The predicted octanol–water partition coefficient (Wildman–Crippen LogP) is 4.23. The Morgan fingerprint density at radius 2 is 0.667 bits per heavy atom. The third-order valence-corrected chi connectivity index (χ3v) is 2.32. The van der Waals surface area contributed by atoms with Crippen molar-refractivity contribution in [1.82, 2.24) is 0 Å². The number of rotatable bonds is 0. The van der Waals surface area contributed by atoms with E-state index in [2.05, 4.69) is 24.3 Å². The molecule has 0 saturated carbocycles. The fourth-order valence-corrected chi connectivity index (χ4v) is 1.52. The van der Waals surface area contributed by atoms with Crippen LogP contribution in [-0.4, -0.2) is 0 Å². The van der Waals surface area contributed by atoms with Crippen molar-refractivity contribution in [2.75, 3.05) is 0 Å². The summed E-state index contributed by atoms with van der Waals surface area (Å²) in [7, 11) is 0. The summed E-state index contributed by atoms with van der Waals surface area (Å²) in [6, 6.07) is 0. The molecule has 0 aliphatic heterocycles. The molecule has 0 radical (unpaired) electrons. The van der Waals surface area contributed by atoms with Crippen molar-refractivity contribution in [3.05, 3.63) is 24.3 Å². The first-order valence-corrected chi connectivity index (χ1v) is 5.30. The fourth-order valence-electron chi connectivity index (χ4n) is 1.52. The summed E-state index contributed by atoms with van der Waals surface area (Å²) in [5.41, 5.74) is 0. The Morgan fingerprint density at radius 1 is 0.417 bits per heavy atom. The lowest BCUT2D eigenvalue weighted by Crippen LogP contribution is -1.77. The fraction of sp³-hybridized carbons (Fsp3) is 0.667. The first-order chi connectivity index (χ1) is 6.00. The van der Waals surface area contributed by atoms with Crippen LogP contribution in [0.1, 0.15) is 51.4 Å². The van der Waals surface area contributed by atoms with Crippen molar-refractivity contribution in [1.29, 1.82) is 0 Å². The molecule has 0 spiro atoms. The second kappa shape index (κ2) is 7.15. The summed E-state index contributed by atoms with van der Waals surface area (Å²) in [5.74, 6) is 0. The SMILES string of the molecule is C1=C\CCCC/C=C/CCCC/1. The van der Waals surface area contributed by atoms with Crippen LogP contribution in [0.2, 0.25) is 0 Å². The van der Waals surface area contributed by atoms with Gasteiger partial charge in [-0.25, -0.2) is 0 Å². The molecule has 0 aromatic rings. The smallest absolute Gasteiger partial charge is 0.0351 e. The lowest BCUT2D eigenvalue weighted by Gasteiger charge is -1.97. The Bertz CT molecular complexity index is 108. The highest BCUT2D eigenvalue weighted by atomic mass is 13.9. The second-order valence-corrected chi connectivity index (χ2v) is 3.51. The molecule has 0 fully saturated rings. The highest BCUT2D eigenvalue weighted by molar-refractivity contribution is 4.85. The first-order valence-electron chi connectivity index (χ1n) is 5.30. The molecule has 1 aliphatic rings. The van der Waals surface area contributed by atoms with Gasteiger partial charge in [-0.3, -0.25) is 0 Å². The maximum atomic E-state index is 2.35. The van der Waals surface area contributed by atoms with Crippen molar-refractivity contribution < 1.29 is 0 Å². The van der Waals surface area contributed by atoms with Crippen LogP contribution in [0.5, 0.6) is 0 Å². The molecule has 0 heteroatoms. The van der Waals surface area contributed by atoms with Gasteiger partial charge in [-0.05, 0) is 51.4 Å². The Morgan fingerprint density at radius 3 is 0.917 bits per heavy atom. The Hall–Kier alpha value is -0.520. The lowest BCUT2D eigenvalue weighted by molar-refractivity contribution is 0.730. The van der Waals surface area contributed by atoms with Crippen molar-refractivity contribution in [2.24, 2.45) is 0 Å². The van der Waals surface area contributed by atoms with Gasteiger partial charge in [0.1, 0.15) is 0 Å². The third kappa shape index (κ3) is 5.17. The van der Waals surface area contributed by atoms with E-state index in [4.69, 9.17) is 0 Å². The molecule has 0 aromatic carbocycles. The maximum Gasteiger partial charge on any atom is -0.0351 e. The Labute approximate surface area is 76.4 Å². The lowest BCUT2D eigenvalue weighted by atomic mass is 10.1. The average molecular weight is 164 g/mol. The van der Waals surface area contributed by atoms with Gasteiger partial charge in [-0.2, -0.15) is 0 Å². The quantitative estimate of drug-likeness (QED) is 0.470. The molecule has 0 amide bonds. The molecular formula is C12H20. The molecule has 1 rings (SSSR count). The molecule has 0 bridgehead atoms. The van der Waals surface area contributed by atoms with Gasteiger partial charge < -0.3 is 0 Å². The summed E-state index contributed by atoms with van der Waals surface area (Å²) in [5, 5.41) is 0. The zero-order valence-electron chi connectivity index (χ0n) is 7.97. The number of hydrogen-bond acceptors (Lipinski definition) is 0. The minimum atomic E-state index is 1.29. The van der Waals surface area contributed by atoms with E-state index >= 15 is 0 Å². The van der Waals surface area contributed by atoms with Gasteiger partial charge in [0.15, 0.2) is 0 Å². The zero-order chi connectivity index (χ0) is 8.49. The first kappa shape index (κ1) is 9.57. The van der Waals surface area contributed by atoms with Gasteiger partial charge >= 0.3 is 0 Å².